The molecule has 116 valence electrons. The number of ether oxygens (including phenoxy) is 2. The molecule has 19 heavy (non-hydrogen) atoms. The highest BCUT2D eigenvalue weighted by atomic mass is 19.4. The zero-order valence-corrected chi connectivity index (χ0v) is 7.85. The lowest BCUT2D eigenvalue weighted by Gasteiger charge is -2.34. The van der Waals surface area contributed by atoms with Crippen LogP contribution in [0.4, 0.5) is 52.7 Å². The smallest absolute Gasteiger partial charge is 0.238 e. The highest BCUT2D eigenvalue weighted by Crippen LogP contribution is 2.51. The fraction of sp³-hybridized carbons (Fsp3) is 1.00. The number of rotatable bonds is 3. The van der Waals surface area contributed by atoms with Crippen LogP contribution in [0.2, 0.25) is 0 Å². The maximum absolute atomic E-state index is 12.7. The summed E-state index contributed by atoms with van der Waals surface area (Å²) in [5.41, 5.74) is 0. The highest BCUT2D eigenvalue weighted by Gasteiger charge is 2.79. The van der Waals surface area contributed by atoms with Crippen molar-refractivity contribution in [3.8, 4) is 0 Å². The summed E-state index contributed by atoms with van der Waals surface area (Å²) in [6.45, 7) is 0. The van der Waals surface area contributed by atoms with E-state index in [-0.39, 0.29) is 0 Å². The fourth-order valence-corrected chi connectivity index (χ4v) is 0.653. The van der Waals surface area contributed by atoms with Gasteiger partial charge in [0.1, 0.15) is 0 Å². The first-order valence-electron chi connectivity index (χ1n) is 3.58. The monoisotopic (exact) mass is 320 g/mol. The first-order valence-corrected chi connectivity index (χ1v) is 3.58. The SMILES string of the molecule is FC(F)(F)OC(F)(F)C(F)(OC(F)(F)F)C(F)(F)F. The Kier molecular flexibility index (Phi) is 4.35. The third kappa shape index (κ3) is 4.59. The van der Waals surface area contributed by atoms with Crippen molar-refractivity contribution in [2.75, 3.05) is 0 Å². The quantitative estimate of drug-likeness (QED) is 0.735. The van der Waals surface area contributed by atoms with Crippen LogP contribution in [-0.2, 0) is 9.47 Å². The Morgan fingerprint density at radius 3 is 1.00 bits per heavy atom. The molecule has 0 fully saturated rings. The molecule has 14 heteroatoms. The second-order valence-electron chi connectivity index (χ2n) is 2.71. The average Bonchev–Trinajstić information content (AvgIpc) is 1.92. The van der Waals surface area contributed by atoms with Gasteiger partial charge in [-0.25, -0.2) is 9.47 Å². The second-order valence-corrected chi connectivity index (χ2v) is 2.71. The second kappa shape index (κ2) is 4.57. The third-order valence-corrected chi connectivity index (χ3v) is 1.24. The molecule has 0 rings (SSSR count). The van der Waals surface area contributed by atoms with E-state index in [1.807, 2.05) is 0 Å². The minimum absolute atomic E-state index is 1.41. The normalized spacial score (nSPS) is 18.3. The van der Waals surface area contributed by atoms with Crippen molar-refractivity contribution in [3.05, 3.63) is 0 Å². The Balaban J connectivity index is 5.61. The average molecular weight is 320 g/mol. The van der Waals surface area contributed by atoms with E-state index < -0.39 is 30.9 Å². The molecule has 2 nitrogen and oxygen atoms in total. The van der Waals surface area contributed by atoms with Gasteiger partial charge in [-0.1, -0.05) is 0 Å². The molecular weight excluding hydrogens is 320 g/mol. The Labute approximate surface area is 94.4 Å². The van der Waals surface area contributed by atoms with Gasteiger partial charge in [-0.05, 0) is 0 Å². The molecule has 0 aromatic rings. The van der Waals surface area contributed by atoms with Crippen molar-refractivity contribution in [2.24, 2.45) is 0 Å². The summed E-state index contributed by atoms with van der Waals surface area (Å²) in [6.07, 6.45) is -27.4. The van der Waals surface area contributed by atoms with Gasteiger partial charge < -0.3 is 0 Å². The van der Waals surface area contributed by atoms with Crippen LogP contribution in [0.15, 0.2) is 0 Å². The van der Waals surface area contributed by atoms with Gasteiger partial charge in [-0.15, -0.1) is 26.3 Å². The topological polar surface area (TPSA) is 18.5 Å². The van der Waals surface area contributed by atoms with Gasteiger partial charge in [0, 0.05) is 0 Å². The van der Waals surface area contributed by atoms with Crippen molar-refractivity contribution in [2.45, 2.75) is 30.9 Å². The van der Waals surface area contributed by atoms with E-state index >= 15 is 0 Å². The van der Waals surface area contributed by atoms with Crippen molar-refractivity contribution in [1.82, 2.24) is 0 Å². The van der Waals surface area contributed by atoms with Crippen LogP contribution in [0.1, 0.15) is 0 Å². The van der Waals surface area contributed by atoms with Crippen molar-refractivity contribution in [1.29, 1.82) is 0 Å². The lowest BCUT2D eigenvalue weighted by atomic mass is 10.2. The molecule has 0 saturated carbocycles. The van der Waals surface area contributed by atoms with E-state index in [0.29, 0.717) is 0 Å². The summed E-state index contributed by atoms with van der Waals surface area (Å²) in [5, 5.41) is 0. The molecule has 0 spiro atoms. The first-order chi connectivity index (χ1) is 7.91. The molecule has 0 bridgehead atoms. The molecule has 0 N–H and O–H groups in total. The number of halogens is 12. The Morgan fingerprint density at radius 1 is 0.474 bits per heavy atom. The molecule has 0 amide bonds. The van der Waals surface area contributed by atoms with Gasteiger partial charge in [-0.3, -0.25) is 0 Å². The standard InChI is InChI=1S/C5F12O2/c6-1(2(7,8)9,18-4(12,13)14)3(10,11)19-5(15,16)17. The van der Waals surface area contributed by atoms with Gasteiger partial charge in [0.2, 0.25) is 0 Å². The van der Waals surface area contributed by atoms with Crippen LogP contribution in [0.3, 0.4) is 0 Å². The van der Waals surface area contributed by atoms with E-state index in [1.165, 1.54) is 9.47 Å². The predicted molar refractivity (Wildman–Crippen MR) is 29.1 cm³/mol. The number of hydrogen-bond donors (Lipinski definition) is 0. The summed E-state index contributed by atoms with van der Waals surface area (Å²) in [7, 11) is 0. The molecule has 1 unspecified atom stereocenters. The van der Waals surface area contributed by atoms with Gasteiger partial charge in [0.25, 0.3) is 0 Å². The highest BCUT2D eigenvalue weighted by molar-refractivity contribution is 4.87. The molecule has 0 aromatic carbocycles. The molecule has 0 radical (unpaired) electrons. The number of hydrogen-bond acceptors (Lipinski definition) is 2. The fourth-order valence-electron chi connectivity index (χ4n) is 0.653. The van der Waals surface area contributed by atoms with Gasteiger partial charge >= 0.3 is 30.9 Å². The maximum Gasteiger partial charge on any atom is 0.527 e. The van der Waals surface area contributed by atoms with E-state index in [4.69, 9.17) is 0 Å². The molecule has 0 heterocycles. The Morgan fingerprint density at radius 2 is 0.789 bits per heavy atom. The largest absolute Gasteiger partial charge is 0.527 e. The summed E-state index contributed by atoms with van der Waals surface area (Å²) >= 11 is 0. The van der Waals surface area contributed by atoms with E-state index in [0.717, 1.165) is 0 Å². The first kappa shape index (κ1) is 18.1. The zero-order valence-electron chi connectivity index (χ0n) is 7.85. The molecular formula is C5F12O2. The maximum atomic E-state index is 12.7. The van der Waals surface area contributed by atoms with Crippen LogP contribution < -0.4 is 0 Å². The van der Waals surface area contributed by atoms with Crippen LogP contribution in [-0.4, -0.2) is 30.9 Å². The third-order valence-electron chi connectivity index (χ3n) is 1.24. The molecule has 0 saturated heterocycles. The zero-order chi connectivity index (χ0) is 15.9. The minimum atomic E-state index is -7.17. The molecule has 0 aliphatic rings. The summed E-state index contributed by atoms with van der Waals surface area (Å²) in [4.78, 5) is 0. The Hall–Kier alpha value is -0.920. The van der Waals surface area contributed by atoms with E-state index in [9.17, 15) is 52.7 Å². The summed E-state index contributed by atoms with van der Waals surface area (Å²) < 4.78 is 144. The van der Waals surface area contributed by atoms with E-state index in [2.05, 4.69) is 0 Å². The molecule has 1 atom stereocenters. The predicted octanol–water partition coefficient (Wildman–Crippen LogP) is 3.88. The summed E-state index contributed by atoms with van der Waals surface area (Å²) in [5.74, 6) is -7.08. The molecule has 0 aromatic heterocycles. The molecule has 0 aliphatic carbocycles. The van der Waals surface area contributed by atoms with Crippen LogP contribution in [0.25, 0.3) is 0 Å². The number of alkyl halides is 12. The van der Waals surface area contributed by atoms with Crippen LogP contribution in [0.5, 0.6) is 0 Å². The van der Waals surface area contributed by atoms with Gasteiger partial charge in [0.15, 0.2) is 0 Å². The lowest BCUT2D eigenvalue weighted by molar-refractivity contribution is -0.551. The van der Waals surface area contributed by atoms with Gasteiger partial charge in [0.05, 0.1) is 0 Å². The van der Waals surface area contributed by atoms with Crippen molar-refractivity contribution in [3.63, 3.8) is 0 Å². The van der Waals surface area contributed by atoms with Crippen molar-refractivity contribution < 1.29 is 62.2 Å². The molecule has 0 aliphatic heterocycles. The van der Waals surface area contributed by atoms with Crippen LogP contribution >= 0.6 is 0 Å². The Bertz CT molecular complexity index is 312. The van der Waals surface area contributed by atoms with E-state index in [1.54, 1.807) is 0 Å². The van der Waals surface area contributed by atoms with Crippen molar-refractivity contribution >= 4 is 0 Å². The van der Waals surface area contributed by atoms with Crippen LogP contribution in [0, 0.1) is 0 Å². The lowest BCUT2D eigenvalue weighted by Crippen LogP contribution is -2.61. The minimum Gasteiger partial charge on any atom is -0.238 e. The van der Waals surface area contributed by atoms with Gasteiger partial charge in [-0.2, -0.15) is 26.3 Å². The summed E-state index contributed by atoms with van der Waals surface area (Å²) in [6, 6.07) is 0.